The van der Waals surface area contributed by atoms with Gasteiger partial charge in [-0.05, 0) is 43.4 Å². The molecule has 1 atom stereocenters. The van der Waals surface area contributed by atoms with E-state index in [4.69, 9.17) is 11.5 Å². The van der Waals surface area contributed by atoms with Crippen molar-refractivity contribution < 1.29 is 4.39 Å². The predicted molar refractivity (Wildman–Crippen MR) is 78.7 cm³/mol. The Balaban J connectivity index is 2.07. The minimum Gasteiger partial charge on any atom is -0.383 e. The number of hydrogen-bond donors (Lipinski definition) is 2. The number of benzene rings is 1. The Morgan fingerprint density at radius 2 is 1.80 bits per heavy atom. The number of aromatic nitrogens is 2. The Hall–Kier alpha value is -2.17. The highest BCUT2D eigenvalue weighted by Crippen LogP contribution is 2.24. The molecule has 1 heterocycles. The molecule has 4 N–H and O–H groups in total. The Labute approximate surface area is 118 Å². The average molecular weight is 274 g/mol. The van der Waals surface area contributed by atoms with Crippen LogP contribution in [0.5, 0.6) is 0 Å². The van der Waals surface area contributed by atoms with Gasteiger partial charge in [-0.2, -0.15) is 4.98 Å². The van der Waals surface area contributed by atoms with Gasteiger partial charge in [-0.25, -0.2) is 9.37 Å². The molecule has 0 amide bonds. The van der Waals surface area contributed by atoms with Gasteiger partial charge in [0.15, 0.2) is 0 Å². The van der Waals surface area contributed by atoms with Gasteiger partial charge < -0.3 is 11.5 Å². The number of anilines is 2. The summed E-state index contributed by atoms with van der Waals surface area (Å²) in [5.41, 5.74) is 14.3. The van der Waals surface area contributed by atoms with Crippen LogP contribution in [0, 0.1) is 12.7 Å². The van der Waals surface area contributed by atoms with Gasteiger partial charge in [0.1, 0.15) is 11.6 Å². The van der Waals surface area contributed by atoms with Crippen molar-refractivity contribution in [2.24, 2.45) is 0 Å². The smallest absolute Gasteiger partial charge is 0.222 e. The highest BCUT2D eigenvalue weighted by atomic mass is 19.1. The SMILES string of the molecule is Cc1nc(N)nc(N)c1CCC(C)c1ccc(F)cc1. The molecule has 4 nitrogen and oxygen atoms in total. The Morgan fingerprint density at radius 3 is 2.40 bits per heavy atom. The highest BCUT2D eigenvalue weighted by Gasteiger charge is 2.11. The monoisotopic (exact) mass is 274 g/mol. The third kappa shape index (κ3) is 3.23. The first-order valence-electron chi connectivity index (χ1n) is 6.61. The molecular formula is C15H19FN4. The van der Waals surface area contributed by atoms with Crippen molar-refractivity contribution in [3.63, 3.8) is 0 Å². The van der Waals surface area contributed by atoms with Gasteiger partial charge >= 0.3 is 0 Å². The summed E-state index contributed by atoms with van der Waals surface area (Å²) in [6.45, 7) is 3.99. The average Bonchev–Trinajstić information content (AvgIpc) is 2.38. The molecule has 1 unspecified atom stereocenters. The van der Waals surface area contributed by atoms with Gasteiger partial charge in [-0.1, -0.05) is 19.1 Å². The number of aryl methyl sites for hydroxylation is 1. The summed E-state index contributed by atoms with van der Waals surface area (Å²) >= 11 is 0. The molecule has 0 spiro atoms. The van der Waals surface area contributed by atoms with Crippen LogP contribution in [0.1, 0.15) is 36.1 Å². The van der Waals surface area contributed by atoms with Crippen molar-refractivity contribution >= 4 is 11.8 Å². The molecule has 1 aromatic heterocycles. The largest absolute Gasteiger partial charge is 0.383 e. The van der Waals surface area contributed by atoms with Gasteiger partial charge in [0.2, 0.25) is 5.95 Å². The van der Waals surface area contributed by atoms with Crippen LogP contribution >= 0.6 is 0 Å². The molecule has 5 heteroatoms. The van der Waals surface area contributed by atoms with E-state index in [1.54, 1.807) is 0 Å². The molecule has 0 aliphatic carbocycles. The fourth-order valence-corrected chi connectivity index (χ4v) is 2.27. The quantitative estimate of drug-likeness (QED) is 0.898. The van der Waals surface area contributed by atoms with Crippen LogP contribution in [-0.2, 0) is 6.42 Å². The fraction of sp³-hybridized carbons (Fsp3) is 0.333. The first-order valence-corrected chi connectivity index (χ1v) is 6.61. The zero-order chi connectivity index (χ0) is 14.7. The molecule has 0 radical (unpaired) electrons. The van der Waals surface area contributed by atoms with E-state index in [0.717, 1.165) is 29.7 Å². The van der Waals surface area contributed by atoms with E-state index in [-0.39, 0.29) is 11.8 Å². The molecule has 2 aromatic rings. The maximum Gasteiger partial charge on any atom is 0.222 e. The number of nitrogens with zero attached hydrogens (tertiary/aromatic N) is 2. The van der Waals surface area contributed by atoms with Crippen molar-refractivity contribution in [3.05, 3.63) is 46.9 Å². The van der Waals surface area contributed by atoms with Crippen LogP contribution < -0.4 is 11.5 Å². The lowest BCUT2D eigenvalue weighted by molar-refractivity contribution is 0.622. The standard InChI is InChI=1S/C15H19FN4/c1-9(11-4-6-12(16)7-5-11)3-8-13-10(2)19-15(18)20-14(13)17/h4-7,9H,3,8H2,1-2H3,(H4,17,18,19,20). The van der Waals surface area contributed by atoms with E-state index in [1.807, 2.05) is 19.1 Å². The van der Waals surface area contributed by atoms with E-state index >= 15 is 0 Å². The van der Waals surface area contributed by atoms with E-state index in [2.05, 4.69) is 16.9 Å². The Bertz CT molecular complexity index is 572. The van der Waals surface area contributed by atoms with Gasteiger partial charge in [-0.3, -0.25) is 0 Å². The van der Waals surface area contributed by atoms with Crippen molar-refractivity contribution in [2.75, 3.05) is 11.5 Å². The van der Waals surface area contributed by atoms with Crippen LogP contribution in [-0.4, -0.2) is 9.97 Å². The van der Waals surface area contributed by atoms with Crippen LogP contribution in [0.15, 0.2) is 24.3 Å². The summed E-state index contributed by atoms with van der Waals surface area (Å²) in [6.07, 6.45) is 1.67. The third-order valence-electron chi connectivity index (χ3n) is 3.53. The van der Waals surface area contributed by atoms with Crippen LogP contribution in [0.3, 0.4) is 0 Å². The molecular weight excluding hydrogens is 255 g/mol. The summed E-state index contributed by atoms with van der Waals surface area (Å²) in [6, 6.07) is 6.60. The van der Waals surface area contributed by atoms with Crippen LogP contribution in [0.25, 0.3) is 0 Å². The van der Waals surface area contributed by atoms with Gasteiger partial charge in [0.05, 0.1) is 0 Å². The lowest BCUT2D eigenvalue weighted by atomic mass is 9.94. The first-order chi connectivity index (χ1) is 9.47. The summed E-state index contributed by atoms with van der Waals surface area (Å²) in [4.78, 5) is 8.13. The zero-order valence-corrected chi connectivity index (χ0v) is 11.7. The number of halogens is 1. The molecule has 0 saturated heterocycles. The van der Waals surface area contributed by atoms with E-state index in [0.29, 0.717) is 11.7 Å². The summed E-state index contributed by atoms with van der Waals surface area (Å²) in [5.74, 6) is 0.747. The highest BCUT2D eigenvalue weighted by molar-refractivity contribution is 5.45. The second-order valence-corrected chi connectivity index (χ2v) is 5.02. The molecule has 0 aliphatic heterocycles. The number of rotatable bonds is 4. The molecule has 0 bridgehead atoms. The molecule has 2 rings (SSSR count). The Morgan fingerprint density at radius 1 is 1.15 bits per heavy atom. The lowest BCUT2D eigenvalue weighted by Gasteiger charge is -2.14. The first kappa shape index (κ1) is 14.2. The van der Waals surface area contributed by atoms with Crippen LogP contribution in [0.2, 0.25) is 0 Å². The summed E-state index contributed by atoms with van der Waals surface area (Å²) < 4.78 is 12.9. The van der Waals surface area contributed by atoms with Gasteiger partial charge in [0.25, 0.3) is 0 Å². The van der Waals surface area contributed by atoms with Crippen LogP contribution in [0.4, 0.5) is 16.2 Å². The molecule has 0 fully saturated rings. The van der Waals surface area contributed by atoms with Crippen molar-refractivity contribution in [1.82, 2.24) is 9.97 Å². The van der Waals surface area contributed by atoms with Crippen molar-refractivity contribution in [3.8, 4) is 0 Å². The second kappa shape index (κ2) is 5.86. The van der Waals surface area contributed by atoms with Gasteiger partial charge in [-0.15, -0.1) is 0 Å². The predicted octanol–water partition coefficient (Wildman–Crippen LogP) is 2.82. The molecule has 0 aliphatic rings. The zero-order valence-electron chi connectivity index (χ0n) is 11.7. The number of nitrogen functional groups attached to an aromatic ring is 2. The van der Waals surface area contributed by atoms with E-state index < -0.39 is 0 Å². The van der Waals surface area contributed by atoms with Crippen molar-refractivity contribution in [2.45, 2.75) is 32.6 Å². The minimum absolute atomic E-state index is 0.204. The molecule has 20 heavy (non-hydrogen) atoms. The van der Waals surface area contributed by atoms with Gasteiger partial charge in [0, 0.05) is 11.3 Å². The van der Waals surface area contributed by atoms with Crippen molar-refractivity contribution in [1.29, 1.82) is 0 Å². The lowest BCUT2D eigenvalue weighted by Crippen LogP contribution is -2.08. The molecule has 106 valence electrons. The fourth-order valence-electron chi connectivity index (χ4n) is 2.27. The third-order valence-corrected chi connectivity index (χ3v) is 3.53. The Kier molecular flexibility index (Phi) is 4.17. The second-order valence-electron chi connectivity index (χ2n) is 5.02. The minimum atomic E-state index is -0.215. The summed E-state index contributed by atoms with van der Waals surface area (Å²) in [7, 11) is 0. The maximum absolute atomic E-state index is 12.9. The van der Waals surface area contributed by atoms with E-state index in [1.165, 1.54) is 12.1 Å². The topological polar surface area (TPSA) is 77.8 Å². The number of nitrogens with two attached hydrogens (primary N) is 2. The summed E-state index contributed by atoms with van der Waals surface area (Å²) in [5, 5.41) is 0. The maximum atomic E-state index is 12.9. The number of hydrogen-bond acceptors (Lipinski definition) is 4. The molecule has 1 aromatic carbocycles. The van der Waals surface area contributed by atoms with E-state index in [9.17, 15) is 4.39 Å². The normalized spacial score (nSPS) is 12.3. The molecule has 0 saturated carbocycles.